The first-order chi connectivity index (χ1) is 7.33. The van der Waals surface area contributed by atoms with E-state index >= 15 is 0 Å². The van der Waals surface area contributed by atoms with Crippen LogP contribution in [0.15, 0.2) is 18.2 Å². The number of morpholine rings is 1. The summed E-state index contributed by atoms with van der Waals surface area (Å²) in [5, 5.41) is 0. The number of nitrogens with two attached hydrogens (primary N) is 1. The van der Waals surface area contributed by atoms with E-state index in [4.69, 9.17) is 10.5 Å². The fraction of sp³-hybridized carbons (Fsp3) is 0.500. The van der Waals surface area contributed by atoms with E-state index in [2.05, 4.69) is 17.0 Å². The van der Waals surface area contributed by atoms with Crippen LogP contribution in [0.2, 0.25) is 0 Å². The van der Waals surface area contributed by atoms with Crippen LogP contribution in [0.4, 0.5) is 5.69 Å². The molecule has 2 N–H and O–H groups in total. The van der Waals surface area contributed by atoms with Crippen molar-refractivity contribution in [2.75, 3.05) is 25.5 Å². The maximum absolute atomic E-state index is 5.81. The van der Waals surface area contributed by atoms with Crippen LogP contribution < -0.4 is 5.73 Å². The van der Waals surface area contributed by atoms with Gasteiger partial charge in [-0.05, 0) is 29.7 Å². The summed E-state index contributed by atoms with van der Waals surface area (Å²) in [6, 6.07) is 6.85. The van der Waals surface area contributed by atoms with Gasteiger partial charge < -0.3 is 10.5 Å². The minimum Gasteiger partial charge on any atom is -0.399 e. The van der Waals surface area contributed by atoms with Crippen LogP contribution in [-0.2, 0) is 17.7 Å². The molecule has 0 bridgehead atoms. The molecule has 1 aromatic rings. The molecule has 3 nitrogen and oxygen atoms in total. The quantitative estimate of drug-likeness (QED) is 0.641. The predicted molar refractivity (Wildman–Crippen MR) is 59.6 cm³/mol. The summed E-state index contributed by atoms with van der Waals surface area (Å²) in [5.74, 6) is 0. The molecule has 1 fully saturated rings. The first-order valence-electron chi connectivity index (χ1n) is 5.52. The molecule has 0 radical (unpaired) electrons. The molecule has 0 aliphatic carbocycles. The largest absolute Gasteiger partial charge is 0.399 e. The highest BCUT2D eigenvalue weighted by atomic mass is 16.5. The lowest BCUT2D eigenvalue weighted by molar-refractivity contribution is -0.0163. The Hall–Kier alpha value is -1.06. The van der Waals surface area contributed by atoms with Crippen LogP contribution >= 0.6 is 0 Å². The summed E-state index contributed by atoms with van der Waals surface area (Å²) < 4.78 is 5.51. The van der Waals surface area contributed by atoms with Gasteiger partial charge >= 0.3 is 0 Å². The molecule has 2 aliphatic heterocycles. The van der Waals surface area contributed by atoms with E-state index in [0.717, 1.165) is 38.4 Å². The van der Waals surface area contributed by atoms with Crippen molar-refractivity contribution in [3.05, 3.63) is 29.3 Å². The topological polar surface area (TPSA) is 38.5 Å². The minimum atomic E-state index is 0.579. The fourth-order valence-electron chi connectivity index (χ4n) is 2.55. The number of anilines is 1. The zero-order chi connectivity index (χ0) is 10.3. The third-order valence-corrected chi connectivity index (χ3v) is 3.41. The maximum Gasteiger partial charge on any atom is 0.0625 e. The standard InChI is InChI=1S/C12H16N2O/c13-11-2-1-9-6-12-8-15-4-3-14(12)7-10(9)5-11/h1-2,5,12H,3-4,6-8,13H2. The highest BCUT2D eigenvalue weighted by Crippen LogP contribution is 2.26. The van der Waals surface area contributed by atoms with E-state index in [1.165, 1.54) is 11.1 Å². The first kappa shape index (κ1) is 9.19. The fourth-order valence-corrected chi connectivity index (χ4v) is 2.55. The summed E-state index contributed by atoms with van der Waals surface area (Å²) >= 11 is 0. The second kappa shape index (κ2) is 3.51. The van der Waals surface area contributed by atoms with Crippen LogP contribution in [0, 0.1) is 0 Å². The van der Waals surface area contributed by atoms with Gasteiger partial charge in [0.1, 0.15) is 0 Å². The van der Waals surface area contributed by atoms with Gasteiger partial charge in [-0.2, -0.15) is 0 Å². The lowest BCUT2D eigenvalue weighted by Crippen LogP contribution is -2.48. The molecule has 0 spiro atoms. The van der Waals surface area contributed by atoms with Gasteiger partial charge in [0, 0.05) is 24.8 Å². The Morgan fingerprint density at radius 2 is 2.27 bits per heavy atom. The molecule has 1 saturated heterocycles. The Morgan fingerprint density at radius 3 is 3.20 bits per heavy atom. The van der Waals surface area contributed by atoms with E-state index in [0.29, 0.717) is 6.04 Å². The van der Waals surface area contributed by atoms with E-state index in [9.17, 15) is 0 Å². The molecular formula is C12H16N2O. The second-order valence-corrected chi connectivity index (χ2v) is 4.43. The minimum absolute atomic E-state index is 0.579. The number of benzene rings is 1. The number of rotatable bonds is 0. The number of hydrogen-bond acceptors (Lipinski definition) is 3. The number of nitrogen functional groups attached to an aromatic ring is 1. The molecule has 3 heteroatoms. The van der Waals surface area contributed by atoms with Gasteiger partial charge in [-0.1, -0.05) is 6.07 Å². The number of ether oxygens (including phenoxy) is 1. The van der Waals surface area contributed by atoms with Crippen molar-refractivity contribution < 1.29 is 4.74 Å². The van der Waals surface area contributed by atoms with E-state index in [-0.39, 0.29) is 0 Å². The van der Waals surface area contributed by atoms with Gasteiger partial charge in [-0.15, -0.1) is 0 Å². The normalized spacial score (nSPS) is 25.7. The van der Waals surface area contributed by atoms with Crippen molar-refractivity contribution in [2.45, 2.75) is 19.0 Å². The molecule has 0 saturated carbocycles. The summed E-state index contributed by atoms with van der Waals surface area (Å²) in [6.45, 7) is 3.84. The molecule has 80 valence electrons. The van der Waals surface area contributed by atoms with Crippen molar-refractivity contribution in [1.82, 2.24) is 4.90 Å². The predicted octanol–water partition coefficient (Wildman–Crippen LogP) is 1.03. The number of hydrogen-bond donors (Lipinski definition) is 1. The van der Waals surface area contributed by atoms with Crippen LogP contribution in [0.1, 0.15) is 11.1 Å². The number of nitrogens with zero attached hydrogens (tertiary/aromatic N) is 1. The summed E-state index contributed by atoms with van der Waals surface area (Å²) in [7, 11) is 0. The molecule has 1 aromatic carbocycles. The van der Waals surface area contributed by atoms with Gasteiger partial charge in [0.25, 0.3) is 0 Å². The van der Waals surface area contributed by atoms with Crippen molar-refractivity contribution in [3.8, 4) is 0 Å². The second-order valence-electron chi connectivity index (χ2n) is 4.43. The van der Waals surface area contributed by atoms with Crippen molar-refractivity contribution in [3.63, 3.8) is 0 Å². The van der Waals surface area contributed by atoms with Crippen LogP contribution in [0.3, 0.4) is 0 Å². The summed E-state index contributed by atoms with van der Waals surface area (Å²) in [6.07, 6.45) is 1.11. The average Bonchev–Trinajstić information content (AvgIpc) is 2.26. The van der Waals surface area contributed by atoms with Gasteiger partial charge in [-0.3, -0.25) is 4.90 Å². The zero-order valence-corrected chi connectivity index (χ0v) is 8.78. The van der Waals surface area contributed by atoms with E-state index < -0.39 is 0 Å². The molecule has 0 aromatic heterocycles. The third kappa shape index (κ3) is 1.62. The highest BCUT2D eigenvalue weighted by Gasteiger charge is 2.28. The smallest absolute Gasteiger partial charge is 0.0625 e. The monoisotopic (exact) mass is 204 g/mol. The SMILES string of the molecule is Nc1ccc2c(c1)CN1CCOCC1C2. The molecule has 1 unspecified atom stereocenters. The van der Waals surface area contributed by atoms with Gasteiger partial charge in [0.05, 0.1) is 13.2 Å². The lowest BCUT2D eigenvalue weighted by Gasteiger charge is -2.39. The molecule has 0 amide bonds. The summed E-state index contributed by atoms with van der Waals surface area (Å²) in [4.78, 5) is 2.51. The maximum atomic E-state index is 5.81. The highest BCUT2D eigenvalue weighted by molar-refractivity contribution is 5.45. The molecule has 1 atom stereocenters. The molecule has 3 rings (SSSR count). The third-order valence-electron chi connectivity index (χ3n) is 3.41. The van der Waals surface area contributed by atoms with Crippen LogP contribution in [0.5, 0.6) is 0 Å². The molecule has 2 heterocycles. The van der Waals surface area contributed by atoms with Gasteiger partial charge in [0.2, 0.25) is 0 Å². The van der Waals surface area contributed by atoms with Crippen molar-refractivity contribution in [1.29, 1.82) is 0 Å². The van der Waals surface area contributed by atoms with E-state index in [1.807, 2.05) is 6.07 Å². The van der Waals surface area contributed by atoms with Crippen LogP contribution in [0.25, 0.3) is 0 Å². The Kier molecular flexibility index (Phi) is 2.15. The molecule has 15 heavy (non-hydrogen) atoms. The molecular weight excluding hydrogens is 188 g/mol. The average molecular weight is 204 g/mol. The Morgan fingerprint density at radius 1 is 1.33 bits per heavy atom. The first-order valence-corrected chi connectivity index (χ1v) is 5.52. The molecule has 2 aliphatic rings. The summed E-state index contributed by atoms with van der Waals surface area (Å²) in [5.41, 5.74) is 9.52. The zero-order valence-electron chi connectivity index (χ0n) is 8.78. The van der Waals surface area contributed by atoms with Gasteiger partial charge in [-0.25, -0.2) is 0 Å². The Balaban J connectivity index is 1.92. The van der Waals surface area contributed by atoms with Crippen molar-refractivity contribution >= 4 is 5.69 Å². The van der Waals surface area contributed by atoms with Crippen molar-refractivity contribution in [2.24, 2.45) is 0 Å². The van der Waals surface area contributed by atoms with E-state index in [1.54, 1.807) is 0 Å². The lowest BCUT2D eigenvalue weighted by atomic mass is 9.93. The Labute approximate surface area is 89.8 Å². The Bertz CT molecular complexity index is 378. The van der Waals surface area contributed by atoms with Crippen LogP contribution in [-0.4, -0.2) is 30.7 Å². The number of fused-ring (bicyclic) bond motifs is 2. The van der Waals surface area contributed by atoms with Gasteiger partial charge in [0.15, 0.2) is 0 Å².